The second kappa shape index (κ2) is 5.02. The van der Waals surface area contributed by atoms with Gasteiger partial charge < -0.3 is 9.47 Å². The molecule has 96 valence electrons. The summed E-state index contributed by atoms with van der Waals surface area (Å²) in [5.74, 6) is 1.72. The third-order valence-corrected chi connectivity index (χ3v) is 3.70. The number of hydrogen-bond donors (Lipinski definition) is 0. The fourth-order valence-electron chi connectivity index (χ4n) is 2.28. The Kier molecular flexibility index (Phi) is 3.22. The highest BCUT2D eigenvalue weighted by Crippen LogP contribution is 2.35. The molecule has 1 heterocycles. The van der Waals surface area contributed by atoms with E-state index in [4.69, 9.17) is 21.7 Å². The summed E-state index contributed by atoms with van der Waals surface area (Å²) in [5.41, 5.74) is 2.17. The van der Waals surface area contributed by atoms with Gasteiger partial charge >= 0.3 is 0 Å². The molecular weight excluding hydrogens is 256 g/mol. The molecule has 3 rings (SSSR count). The SMILES string of the molecule is COc1ccc(C2CC(=S)c3ccccc3O2)cc1. The first-order valence-electron chi connectivity index (χ1n) is 6.21. The highest BCUT2D eigenvalue weighted by molar-refractivity contribution is 7.80. The molecule has 1 atom stereocenters. The Hall–Kier alpha value is -1.87. The zero-order chi connectivity index (χ0) is 13.2. The van der Waals surface area contributed by atoms with Crippen LogP contribution in [0.15, 0.2) is 48.5 Å². The zero-order valence-corrected chi connectivity index (χ0v) is 11.4. The van der Waals surface area contributed by atoms with Gasteiger partial charge in [0.2, 0.25) is 0 Å². The number of thiocarbonyl (C=S) groups is 1. The van der Waals surface area contributed by atoms with Gasteiger partial charge in [0.05, 0.1) is 7.11 Å². The van der Waals surface area contributed by atoms with E-state index in [9.17, 15) is 0 Å². The van der Waals surface area contributed by atoms with E-state index in [2.05, 4.69) is 0 Å². The Morgan fingerprint density at radius 1 is 1.11 bits per heavy atom. The fourth-order valence-corrected chi connectivity index (χ4v) is 2.60. The summed E-state index contributed by atoms with van der Waals surface area (Å²) >= 11 is 5.48. The van der Waals surface area contributed by atoms with E-state index in [0.717, 1.165) is 33.9 Å². The molecule has 0 fully saturated rings. The molecule has 1 aliphatic heterocycles. The van der Waals surface area contributed by atoms with Crippen LogP contribution in [-0.2, 0) is 0 Å². The normalized spacial score (nSPS) is 17.5. The number of rotatable bonds is 2. The topological polar surface area (TPSA) is 18.5 Å². The highest BCUT2D eigenvalue weighted by atomic mass is 32.1. The monoisotopic (exact) mass is 270 g/mol. The van der Waals surface area contributed by atoms with Gasteiger partial charge in [-0.1, -0.05) is 42.5 Å². The molecule has 3 heteroatoms. The van der Waals surface area contributed by atoms with Crippen molar-refractivity contribution in [2.45, 2.75) is 12.5 Å². The summed E-state index contributed by atoms with van der Waals surface area (Å²) in [6, 6.07) is 15.9. The van der Waals surface area contributed by atoms with Gasteiger partial charge in [-0.25, -0.2) is 0 Å². The second-order valence-electron chi connectivity index (χ2n) is 4.50. The van der Waals surface area contributed by atoms with E-state index in [1.807, 2.05) is 48.5 Å². The van der Waals surface area contributed by atoms with E-state index < -0.39 is 0 Å². The van der Waals surface area contributed by atoms with Crippen LogP contribution < -0.4 is 9.47 Å². The molecule has 0 saturated heterocycles. The molecule has 0 spiro atoms. The summed E-state index contributed by atoms with van der Waals surface area (Å²) in [7, 11) is 1.66. The molecule has 0 aliphatic carbocycles. The first-order valence-corrected chi connectivity index (χ1v) is 6.61. The smallest absolute Gasteiger partial charge is 0.129 e. The van der Waals surface area contributed by atoms with Gasteiger partial charge in [-0.05, 0) is 23.8 Å². The number of benzene rings is 2. The number of para-hydroxylation sites is 1. The van der Waals surface area contributed by atoms with Crippen molar-refractivity contribution < 1.29 is 9.47 Å². The minimum atomic E-state index is -0.00620. The maximum atomic E-state index is 6.03. The Balaban J connectivity index is 1.90. The summed E-state index contributed by atoms with van der Waals surface area (Å²) in [5, 5.41) is 0. The summed E-state index contributed by atoms with van der Waals surface area (Å²) in [6.45, 7) is 0. The average molecular weight is 270 g/mol. The number of hydrogen-bond acceptors (Lipinski definition) is 3. The van der Waals surface area contributed by atoms with Crippen molar-refractivity contribution in [3.05, 3.63) is 59.7 Å². The third-order valence-electron chi connectivity index (χ3n) is 3.32. The standard InChI is InChI=1S/C16H14O2S/c1-17-12-8-6-11(7-9-12)15-10-16(19)13-4-2-3-5-14(13)18-15/h2-9,15H,10H2,1H3. The maximum absolute atomic E-state index is 6.03. The van der Waals surface area contributed by atoms with Crippen LogP contribution in [0.5, 0.6) is 11.5 Å². The Bertz CT molecular complexity index is 604. The molecule has 19 heavy (non-hydrogen) atoms. The van der Waals surface area contributed by atoms with E-state index >= 15 is 0 Å². The van der Waals surface area contributed by atoms with Gasteiger partial charge in [-0.15, -0.1) is 0 Å². The molecule has 0 saturated carbocycles. The van der Waals surface area contributed by atoms with Crippen LogP contribution >= 0.6 is 12.2 Å². The van der Waals surface area contributed by atoms with E-state index in [0.29, 0.717) is 0 Å². The lowest BCUT2D eigenvalue weighted by atomic mass is 9.97. The van der Waals surface area contributed by atoms with Crippen molar-refractivity contribution in [2.24, 2.45) is 0 Å². The lowest BCUT2D eigenvalue weighted by Crippen LogP contribution is -2.19. The van der Waals surface area contributed by atoms with Gasteiger partial charge in [0.25, 0.3) is 0 Å². The fraction of sp³-hybridized carbons (Fsp3) is 0.188. The van der Waals surface area contributed by atoms with Crippen LogP contribution in [0.4, 0.5) is 0 Å². The number of methoxy groups -OCH3 is 1. The van der Waals surface area contributed by atoms with Crippen LogP contribution in [0.2, 0.25) is 0 Å². The maximum Gasteiger partial charge on any atom is 0.129 e. The van der Waals surface area contributed by atoms with Crippen molar-refractivity contribution in [1.82, 2.24) is 0 Å². The quantitative estimate of drug-likeness (QED) is 0.770. The van der Waals surface area contributed by atoms with Gasteiger partial charge in [-0.3, -0.25) is 0 Å². The predicted molar refractivity (Wildman–Crippen MR) is 79.1 cm³/mol. The third kappa shape index (κ3) is 2.34. The molecule has 1 unspecified atom stereocenters. The van der Waals surface area contributed by atoms with Crippen molar-refractivity contribution >= 4 is 17.1 Å². The van der Waals surface area contributed by atoms with Crippen LogP contribution in [0.3, 0.4) is 0 Å². The lowest BCUT2D eigenvalue weighted by Gasteiger charge is -2.27. The molecule has 0 N–H and O–H groups in total. The minimum absolute atomic E-state index is 0.00620. The molecule has 2 aromatic carbocycles. The Morgan fingerprint density at radius 3 is 2.58 bits per heavy atom. The average Bonchev–Trinajstić information content (AvgIpc) is 2.47. The predicted octanol–water partition coefficient (Wildman–Crippen LogP) is 3.94. The van der Waals surface area contributed by atoms with Gasteiger partial charge in [0, 0.05) is 16.8 Å². The number of fused-ring (bicyclic) bond motifs is 1. The first kappa shape index (κ1) is 12.2. The Morgan fingerprint density at radius 2 is 1.84 bits per heavy atom. The largest absolute Gasteiger partial charge is 0.497 e. The highest BCUT2D eigenvalue weighted by Gasteiger charge is 2.24. The summed E-state index contributed by atoms with van der Waals surface area (Å²) in [4.78, 5) is 0.961. The van der Waals surface area contributed by atoms with Crippen molar-refractivity contribution in [3.8, 4) is 11.5 Å². The van der Waals surface area contributed by atoms with E-state index in [1.165, 1.54) is 0 Å². The Labute approximate surface area is 118 Å². The molecule has 1 aliphatic rings. The molecule has 0 bridgehead atoms. The van der Waals surface area contributed by atoms with Gasteiger partial charge in [0.1, 0.15) is 17.6 Å². The molecule has 2 nitrogen and oxygen atoms in total. The zero-order valence-electron chi connectivity index (χ0n) is 10.6. The van der Waals surface area contributed by atoms with Crippen molar-refractivity contribution in [3.63, 3.8) is 0 Å². The van der Waals surface area contributed by atoms with Crippen LogP contribution in [0.1, 0.15) is 23.7 Å². The summed E-state index contributed by atoms with van der Waals surface area (Å²) < 4.78 is 11.2. The molecular formula is C16H14O2S. The van der Waals surface area contributed by atoms with Crippen molar-refractivity contribution in [2.75, 3.05) is 7.11 Å². The van der Waals surface area contributed by atoms with Gasteiger partial charge in [0.15, 0.2) is 0 Å². The van der Waals surface area contributed by atoms with Crippen molar-refractivity contribution in [1.29, 1.82) is 0 Å². The van der Waals surface area contributed by atoms with Gasteiger partial charge in [-0.2, -0.15) is 0 Å². The number of ether oxygens (including phenoxy) is 2. The van der Waals surface area contributed by atoms with Crippen LogP contribution in [0.25, 0.3) is 0 Å². The van der Waals surface area contributed by atoms with Crippen LogP contribution in [-0.4, -0.2) is 12.0 Å². The summed E-state index contributed by atoms with van der Waals surface area (Å²) in [6.07, 6.45) is 0.742. The lowest BCUT2D eigenvalue weighted by molar-refractivity contribution is 0.207. The van der Waals surface area contributed by atoms with E-state index in [-0.39, 0.29) is 6.10 Å². The first-order chi connectivity index (χ1) is 9.28. The second-order valence-corrected chi connectivity index (χ2v) is 5.00. The van der Waals surface area contributed by atoms with E-state index in [1.54, 1.807) is 7.11 Å². The molecule has 0 aromatic heterocycles. The molecule has 0 radical (unpaired) electrons. The molecule has 2 aromatic rings. The minimum Gasteiger partial charge on any atom is -0.497 e. The van der Waals surface area contributed by atoms with Crippen LogP contribution in [0, 0.1) is 0 Å². The molecule has 0 amide bonds.